The largest absolute Gasteiger partial charge is 0.352 e. The number of likely N-dealkylation sites (tertiary alicyclic amines) is 1. The average molecular weight is 252 g/mol. The number of piperidine rings is 1. The Labute approximate surface area is 111 Å². The quantitative estimate of drug-likeness (QED) is 0.837. The minimum absolute atomic E-state index is 0.299. The molecule has 1 aliphatic heterocycles. The van der Waals surface area contributed by atoms with Gasteiger partial charge in [-0.25, -0.2) is 0 Å². The van der Waals surface area contributed by atoms with E-state index in [1.165, 1.54) is 32.2 Å². The summed E-state index contributed by atoms with van der Waals surface area (Å²) in [6.07, 6.45) is 8.37. The lowest BCUT2D eigenvalue weighted by Gasteiger charge is -2.36. The van der Waals surface area contributed by atoms with Gasteiger partial charge in [-0.05, 0) is 46.1 Å². The minimum atomic E-state index is 0.299. The van der Waals surface area contributed by atoms with Gasteiger partial charge < -0.3 is 5.32 Å². The molecule has 0 unspecified atom stereocenters. The van der Waals surface area contributed by atoms with Gasteiger partial charge in [0.05, 0.1) is 0 Å². The van der Waals surface area contributed by atoms with Gasteiger partial charge in [-0.2, -0.15) is 0 Å². The van der Waals surface area contributed by atoms with Crippen molar-refractivity contribution in [2.24, 2.45) is 5.92 Å². The fourth-order valence-corrected chi connectivity index (χ4v) is 3.28. The van der Waals surface area contributed by atoms with E-state index < -0.39 is 0 Å². The Morgan fingerprint density at radius 3 is 2.50 bits per heavy atom. The SMILES string of the molecule is CC(C)N1CCC[C@@H](NC(=O)C2CCCCC2)C1. The molecule has 0 bridgehead atoms. The van der Waals surface area contributed by atoms with Gasteiger partial charge in [-0.3, -0.25) is 9.69 Å². The van der Waals surface area contributed by atoms with Crippen LogP contribution in [-0.2, 0) is 4.79 Å². The molecule has 104 valence electrons. The number of rotatable bonds is 3. The lowest BCUT2D eigenvalue weighted by atomic mass is 9.88. The standard InChI is InChI=1S/C15H28N2O/c1-12(2)17-10-6-9-14(11-17)16-15(18)13-7-4-3-5-8-13/h12-14H,3-11H2,1-2H3,(H,16,18)/t14-/m1/s1. The molecule has 2 fully saturated rings. The summed E-state index contributed by atoms with van der Waals surface area (Å²) in [5.74, 6) is 0.624. The van der Waals surface area contributed by atoms with E-state index >= 15 is 0 Å². The van der Waals surface area contributed by atoms with Crippen molar-refractivity contribution < 1.29 is 4.79 Å². The Hall–Kier alpha value is -0.570. The number of amides is 1. The van der Waals surface area contributed by atoms with Crippen molar-refractivity contribution in [1.82, 2.24) is 10.2 Å². The van der Waals surface area contributed by atoms with Crippen molar-refractivity contribution in [3.8, 4) is 0 Å². The highest BCUT2D eigenvalue weighted by Crippen LogP contribution is 2.24. The number of nitrogens with one attached hydrogen (secondary N) is 1. The third-order valence-electron chi connectivity index (χ3n) is 4.51. The fourth-order valence-electron chi connectivity index (χ4n) is 3.28. The molecule has 0 aromatic heterocycles. The Bertz CT molecular complexity index is 272. The van der Waals surface area contributed by atoms with Crippen LogP contribution in [0.5, 0.6) is 0 Å². The van der Waals surface area contributed by atoms with Crippen LogP contribution in [0.2, 0.25) is 0 Å². The second kappa shape index (κ2) is 6.55. The molecular formula is C15H28N2O. The molecule has 0 aromatic rings. The first kappa shape index (κ1) is 13.9. The predicted octanol–water partition coefficient (Wildman–Crippen LogP) is 2.56. The molecule has 0 aromatic carbocycles. The third-order valence-corrected chi connectivity index (χ3v) is 4.51. The highest BCUT2D eigenvalue weighted by atomic mass is 16.1. The molecule has 3 heteroatoms. The van der Waals surface area contributed by atoms with Crippen molar-refractivity contribution in [3.05, 3.63) is 0 Å². The molecular weight excluding hydrogens is 224 g/mol. The predicted molar refractivity (Wildman–Crippen MR) is 74.4 cm³/mol. The van der Waals surface area contributed by atoms with Gasteiger partial charge >= 0.3 is 0 Å². The molecule has 1 N–H and O–H groups in total. The number of hydrogen-bond acceptors (Lipinski definition) is 2. The van der Waals surface area contributed by atoms with Crippen molar-refractivity contribution in [2.75, 3.05) is 13.1 Å². The highest BCUT2D eigenvalue weighted by molar-refractivity contribution is 5.79. The Kier molecular flexibility index (Phi) is 5.04. The molecule has 1 aliphatic carbocycles. The lowest BCUT2D eigenvalue weighted by Crippen LogP contribution is -2.51. The zero-order chi connectivity index (χ0) is 13.0. The number of nitrogens with zero attached hydrogens (tertiary/aromatic N) is 1. The molecule has 1 heterocycles. The molecule has 2 aliphatic rings. The van der Waals surface area contributed by atoms with Crippen molar-refractivity contribution in [2.45, 2.75) is 70.9 Å². The number of carbonyl (C=O) groups excluding carboxylic acids is 1. The summed E-state index contributed by atoms with van der Waals surface area (Å²) in [5.41, 5.74) is 0. The molecule has 18 heavy (non-hydrogen) atoms. The zero-order valence-electron chi connectivity index (χ0n) is 12.0. The highest BCUT2D eigenvalue weighted by Gasteiger charge is 2.26. The van der Waals surface area contributed by atoms with Crippen LogP contribution in [0.25, 0.3) is 0 Å². The summed E-state index contributed by atoms with van der Waals surface area (Å²) in [5, 5.41) is 3.29. The zero-order valence-corrected chi connectivity index (χ0v) is 12.0. The van der Waals surface area contributed by atoms with Crippen LogP contribution in [0.3, 0.4) is 0 Å². The Morgan fingerprint density at radius 2 is 1.83 bits per heavy atom. The number of hydrogen-bond donors (Lipinski definition) is 1. The van der Waals surface area contributed by atoms with E-state index in [0.717, 1.165) is 25.8 Å². The molecule has 1 saturated carbocycles. The second-order valence-corrected chi connectivity index (χ2v) is 6.27. The van der Waals surface area contributed by atoms with E-state index in [1.54, 1.807) is 0 Å². The molecule has 1 atom stereocenters. The average Bonchev–Trinajstić information content (AvgIpc) is 2.40. The summed E-state index contributed by atoms with van der Waals surface area (Å²) in [6.45, 7) is 6.71. The smallest absolute Gasteiger partial charge is 0.223 e. The van der Waals surface area contributed by atoms with Crippen molar-refractivity contribution in [3.63, 3.8) is 0 Å². The lowest BCUT2D eigenvalue weighted by molar-refractivity contribution is -0.127. The topological polar surface area (TPSA) is 32.3 Å². The van der Waals surface area contributed by atoms with Crippen LogP contribution in [0.1, 0.15) is 58.8 Å². The van der Waals surface area contributed by atoms with Crippen LogP contribution < -0.4 is 5.32 Å². The first-order valence-corrected chi connectivity index (χ1v) is 7.71. The van der Waals surface area contributed by atoms with E-state index in [-0.39, 0.29) is 0 Å². The monoisotopic (exact) mass is 252 g/mol. The van der Waals surface area contributed by atoms with E-state index in [4.69, 9.17) is 0 Å². The van der Waals surface area contributed by atoms with Gasteiger partial charge in [0.2, 0.25) is 5.91 Å². The Morgan fingerprint density at radius 1 is 1.11 bits per heavy atom. The summed E-state index contributed by atoms with van der Waals surface area (Å²) >= 11 is 0. The first-order chi connectivity index (χ1) is 8.66. The molecule has 0 radical (unpaired) electrons. The van der Waals surface area contributed by atoms with Crippen molar-refractivity contribution >= 4 is 5.91 Å². The molecule has 1 amide bonds. The molecule has 3 nitrogen and oxygen atoms in total. The first-order valence-electron chi connectivity index (χ1n) is 7.71. The maximum absolute atomic E-state index is 12.2. The minimum Gasteiger partial charge on any atom is -0.352 e. The van der Waals surface area contributed by atoms with Gasteiger partial charge in [0.15, 0.2) is 0 Å². The normalized spacial score (nSPS) is 27.4. The van der Waals surface area contributed by atoms with Gasteiger partial charge in [-0.1, -0.05) is 19.3 Å². The van der Waals surface area contributed by atoms with E-state index in [2.05, 4.69) is 24.1 Å². The summed E-state index contributed by atoms with van der Waals surface area (Å²) in [6, 6.07) is 0.981. The van der Waals surface area contributed by atoms with E-state index in [1.807, 2.05) is 0 Å². The molecule has 1 saturated heterocycles. The third kappa shape index (κ3) is 3.71. The summed E-state index contributed by atoms with van der Waals surface area (Å²) in [4.78, 5) is 14.7. The fraction of sp³-hybridized carbons (Fsp3) is 0.933. The molecule has 0 spiro atoms. The Balaban J connectivity index is 1.79. The van der Waals surface area contributed by atoms with Gasteiger partial charge in [-0.15, -0.1) is 0 Å². The summed E-state index contributed by atoms with van der Waals surface area (Å²) < 4.78 is 0. The van der Waals surface area contributed by atoms with Crippen molar-refractivity contribution in [1.29, 1.82) is 0 Å². The van der Waals surface area contributed by atoms with Crippen LogP contribution >= 0.6 is 0 Å². The van der Waals surface area contributed by atoms with E-state index in [9.17, 15) is 4.79 Å². The van der Waals surface area contributed by atoms with Crippen LogP contribution in [-0.4, -0.2) is 36.0 Å². The maximum Gasteiger partial charge on any atom is 0.223 e. The molecule has 2 rings (SSSR count). The van der Waals surface area contributed by atoms with Crippen LogP contribution in [0, 0.1) is 5.92 Å². The number of carbonyl (C=O) groups is 1. The van der Waals surface area contributed by atoms with Crippen LogP contribution in [0.15, 0.2) is 0 Å². The van der Waals surface area contributed by atoms with E-state index in [0.29, 0.717) is 23.9 Å². The maximum atomic E-state index is 12.2. The summed E-state index contributed by atoms with van der Waals surface area (Å²) in [7, 11) is 0. The van der Waals surface area contributed by atoms with Gasteiger partial charge in [0.1, 0.15) is 0 Å². The van der Waals surface area contributed by atoms with Gasteiger partial charge in [0, 0.05) is 24.5 Å². The van der Waals surface area contributed by atoms with Gasteiger partial charge in [0.25, 0.3) is 0 Å². The van der Waals surface area contributed by atoms with Crippen LogP contribution in [0.4, 0.5) is 0 Å². The second-order valence-electron chi connectivity index (χ2n) is 6.27.